The highest BCUT2D eigenvalue weighted by molar-refractivity contribution is 6.30. The zero-order valence-electron chi connectivity index (χ0n) is 12.2. The summed E-state index contributed by atoms with van der Waals surface area (Å²) in [6, 6.07) is 10.2. The summed E-state index contributed by atoms with van der Waals surface area (Å²) in [5.41, 5.74) is 7.52. The number of benzene rings is 2. The van der Waals surface area contributed by atoms with E-state index in [2.05, 4.69) is 0 Å². The van der Waals surface area contributed by atoms with E-state index in [1.807, 2.05) is 13.0 Å². The fourth-order valence-corrected chi connectivity index (χ4v) is 2.19. The highest BCUT2D eigenvalue weighted by Crippen LogP contribution is 2.29. The zero-order valence-corrected chi connectivity index (χ0v) is 13.0. The lowest BCUT2D eigenvalue weighted by molar-refractivity contribution is 0.466. The molecule has 0 bridgehead atoms. The molecule has 1 unspecified atom stereocenters. The van der Waals surface area contributed by atoms with Crippen LogP contribution in [-0.4, -0.2) is 6.04 Å². The molecule has 0 saturated heterocycles. The molecule has 2 rings (SSSR count). The molecule has 0 aromatic heterocycles. The van der Waals surface area contributed by atoms with Gasteiger partial charge in [0.25, 0.3) is 0 Å². The van der Waals surface area contributed by atoms with Gasteiger partial charge in [0.05, 0.1) is 0 Å². The number of aryl methyl sites for hydroxylation is 1. The first-order valence-electron chi connectivity index (χ1n) is 6.97. The van der Waals surface area contributed by atoms with Crippen molar-refractivity contribution in [3.8, 4) is 11.5 Å². The number of nitrogens with two attached hydrogens (primary N) is 1. The summed E-state index contributed by atoms with van der Waals surface area (Å²) in [5, 5.41) is 0.635. The first-order chi connectivity index (χ1) is 9.99. The lowest BCUT2D eigenvalue weighted by Gasteiger charge is -2.15. The van der Waals surface area contributed by atoms with Crippen LogP contribution in [0.4, 0.5) is 4.39 Å². The van der Waals surface area contributed by atoms with E-state index in [4.69, 9.17) is 22.1 Å². The molecule has 2 aromatic carbocycles. The lowest BCUT2D eigenvalue weighted by atomic mass is 10.0. The summed E-state index contributed by atoms with van der Waals surface area (Å²) in [5.74, 6) is 0.839. The molecule has 2 N–H and O–H groups in total. The molecule has 2 aromatic rings. The molecule has 0 fully saturated rings. The average Bonchev–Trinajstić information content (AvgIpc) is 2.45. The molecule has 0 saturated carbocycles. The summed E-state index contributed by atoms with van der Waals surface area (Å²) in [7, 11) is 0. The van der Waals surface area contributed by atoms with Gasteiger partial charge in [-0.05, 0) is 55.2 Å². The van der Waals surface area contributed by atoms with Gasteiger partial charge >= 0.3 is 0 Å². The van der Waals surface area contributed by atoms with Crippen LogP contribution in [0.3, 0.4) is 0 Å². The fraction of sp³-hybridized carbons (Fsp3) is 0.294. The van der Waals surface area contributed by atoms with Crippen LogP contribution in [0.1, 0.15) is 24.5 Å². The van der Waals surface area contributed by atoms with Crippen molar-refractivity contribution >= 4 is 11.6 Å². The molecule has 0 heterocycles. The second-order valence-corrected chi connectivity index (χ2v) is 5.57. The van der Waals surface area contributed by atoms with E-state index in [9.17, 15) is 4.39 Å². The molecular formula is C17H19ClFNO. The van der Waals surface area contributed by atoms with Gasteiger partial charge in [-0.25, -0.2) is 4.39 Å². The summed E-state index contributed by atoms with van der Waals surface area (Å²) >= 11 is 6.04. The molecule has 2 nitrogen and oxygen atoms in total. The lowest BCUT2D eigenvalue weighted by Crippen LogP contribution is -2.21. The fourth-order valence-electron chi connectivity index (χ4n) is 2.00. The van der Waals surface area contributed by atoms with E-state index in [-0.39, 0.29) is 11.9 Å². The van der Waals surface area contributed by atoms with Gasteiger partial charge in [0, 0.05) is 17.1 Å². The minimum atomic E-state index is -0.284. The molecule has 0 amide bonds. The van der Waals surface area contributed by atoms with E-state index in [0.29, 0.717) is 28.5 Å². The van der Waals surface area contributed by atoms with E-state index in [0.717, 1.165) is 12.0 Å². The molecule has 0 radical (unpaired) electrons. The number of ether oxygens (including phenoxy) is 1. The minimum Gasteiger partial charge on any atom is -0.457 e. The average molecular weight is 308 g/mol. The Labute approximate surface area is 129 Å². The molecule has 0 spiro atoms. The quantitative estimate of drug-likeness (QED) is 0.856. The van der Waals surface area contributed by atoms with Gasteiger partial charge in [-0.2, -0.15) is 0 Å². The van der Waals surface area contributed by atoms with Crippen molar-refractivity contribution in [3.05, 3.63) is 58.4 Å². The van der Waals surface area contributed by atoms with Crippen LogP contribution in [0.5, 0.6) is 11.5 Å². The monoisotopic (exact) mass is 307 g/mol. The van der Waals surface area contributed by atoms with Crippen molar-refractivity contribution in [2.45, 2.75) is 32.7 Å². The van der Waals surface area contributed by atoms with Crippen molar-refractivity contribution in [2.75, 3.05) is 0 Å². The molecule has 0 aliphatic heterocycles. The second kappa shape index (κ2) is 6.92. The Morgan fingerprint density at radius 1 is 1.24 bits per heavy atom. The number of rotatable bonds is 5. The summed E-state index contributed by atoms with van der Waals surface area (Å²) in [6.07, 6.45) is 1.53. The van der Waals surface area contributed by atoms with Gasteiger partial charge in [-0.3, -0.25) is 0 Å². The molecule has 4 heteroatoms. The van der Waals surface area contributed by atoms with Gasteiger partial charge in [0.1, 0.15) is 17.3 Å². The third-order valence-corrected chi connectivity index (χ3v) is 3.64. The van der Waals surface area contributed by atoms with E-state index >= 15 is 0 Å². The predicted octanol–water partition coefficient (Wildman–Crippen LogP) is 4.86. The molecular weight excluding hydrogens is 289 g/mol. The van der Waals surface area contributed by atoms with Crippen LogP contribution >= 0.6 is 11.6 Å². The first kappa shape index (κ1) is 15.8. The highest BCUT2D eigenvalue weighted by atomic mass is 35.5. The normalized spacial score (nSPS) is 12.2. The van der Waals surface area contributed by atoms with Crippen LogP contribution < -0.4 is 10.5 Å². The van der Waals surface area contributed by atoms with Gasteiger partial charge in [-0.15, -0.1) is 0 Å². The molecule has 0 aliphatic carbocycles. The summed E-state index contributed by atoms with van der Waals surface area (Å²) in [4.78, 5) is 0. The Balaban J connectivity index is 2.28. The molecule has 112 valence electrons. The Hall–Kier alpha value is -1.58. The smallest absolute Gasteiger partial charge is 0.130 e. The zero-order chi connectivity index (χ0) is 15.4. The maximum Gasteiger partial charge on any atom is 0.130 e. The SMILES string of the molecule is CCC(N)Cc1cc(Cl)ccc1Oc1ccc(C)c(F)c1. The second-order valence-electron chi connectivity index (χ2n) is 5.14. The predicted molar refractivity (Wildman–Crippen MR) is 84.6 cm³/mol. The number of hydrogen-bond donors (Lipinski definition) is 1. The Morgan fingerprint density at radius 3 is 2.67 bits per heavy atom. The van der Waals surface area contributed by atoms with E-state index in [1.54, 1.807) is 31.2 Å². The Morgan fingerprint density at radius 2 is 2.00 bits per heavy atom. The van der Waals surface area contributed by atoms with E-state index < -0.39 is 0 Å². The Kier molecular flexibility index (Phi) is 5.21. The maximum atomic E-state index is 13.6. The van der Waals surface area contributed by atoms with Crippen molar-refractivity contribution in [3.63, 3.8) is 0 Å². The highest BCUT2D eigenvalue weighted by Gasteiger charge is 2.10. The minimum absolute atomic E-state index is 0.0422. The van der Waals surface area contributed by atoms with Crippen LogP contribution in [0, 0.1) is 12.7 Å². The topological polar surface area (TPSA) is 35.2 Å². The third-order valence-electron chi connectivity index (χ3n) is 3.40. The van der Waals surface area contributed by atoms with Gasteiger partial charge in [-0.1, -0.05) is 24.6 Å². The van der Waals surface area contributed by atoms with E-state index in [1.165, 1.54) is 6.07 Å². The van der Waals surface area contributed by atoms with Crippen LogP contribution in [0.2, 0.25) is 5.02 Å². The van der Waals surface area contributed by atoms with Crippen molar-refractivity contribution in [1.82, 2.24) is 0 Å². The Bertz CT molecular complexity index is 630. The molecule has 21 heavy (non-hydrogen) atoms. The standard InChI is InChI=1S/C17H19ClFNO/c1-3-14(20)9-12-8-13(18)5-7-17(12)21-15-6-4-11(2)16(19)10-15/h4-8,10,14H,3,9,20H2,1-2H3. The summed E-state index contributed by atoms with van der Waals surface area (Å²) in [6.45, 7) is 3.75. The van der Waals surface area contributed by atoms with Crippen LogP contribution in [-0.2, 0) is 6.42 Å². The third kappa shape index (κ3) is 4.19. The summed E-state index contributed by atoms with van der Waals surface area (Å²) < 4.78 is 19.4. The van der Waals surface area contributed by atoms with Crippen LogP contribution in [0.15, 0.2) is 36.4 Å². The van der Waals surface area contributed by atoms with Crippen molar-refractivity contribution < 1.29 is 9.13 Å². The number of hydrogen-bond acceptors (Lipinski definition) is 2. The van der Waals surface area contributed by atoms with Crippen LogP contribution in [0.25, 0.3) is 0 Å². The van der Waals surface area contributed by atoms with Gasteiger partial charge in [0.15, 0.2) is 0 Å². The molecule has 1 atom stereocenters. The first-order valence-corrected chi connectivity index (χ1v) is 7.35. The molecule has 0 aliphatic rings. The van der Waals surface area contributed by atoms with Crippen molar-refractivity contribution in [1.29, 1.82) is 0 Å². The number of halogens is 2. The maximum absolute atomic E-state index is 13.6. The van der Waals surface area contributed by atoms with Gasteiger partial charge < -0.3 is 10.5 Å². The van der Waals surface area contributed by atoms with Crippen molar-refractivity contribution in [2.24, 2.45) is 5.73 Å². The largest absolute Gasteiger partial charge is 0.457 e. The van der Waals surface area contributed by atoms with Gasteiger partial charge in [0.2, 0.25) is 0 Å².